The number of anilines is 1. The van der Waals surface area contributed by atoms with Crippen LogP contribution in [0.15, 0.2) is 57.1 Å². The van der Waals surface area contributed by atoms with Gasteiger partial charge >= 0.3 is 0 Å². The SMILES string of the molecule is CSc1sc(C)cc1C1C(C(=O)Nc2ccc(F)cc2)=C(C)NC2=C1C(=O)CC(C)(C)C2. The van der Waals surface area contributed by atoms with Crippen LogP contribution in [-0.2, 0) is 9.59 Å². The molecular formula is C25H27FN2O2S2. The Morgan fingerprint density at radius 2 is 1.91 bits per heavy atom. The smallest absolute Gasteiger partial charge is 0.254 e. The van der Waals surface area contributed by atoms with Gasteiger partial charge in [-0.15, -0.1) is 23.1 Å². The van der Waals surface area contributed by atoms with Crippen molar-refractivity contribution in [2.45, 2.75) is 50.7 Å². The van der Waals surface area contributed by atoms with E-state index in [0.29, 0.717) is 23.3 Å². The van der Waals surface area contributed by atoms with Gasteiger partial charge in [-0.3, -0.25) is 9.59 Å². The third-order valence-corrected chi connectivity index (χ3v) is 8.15. The monoisotopic (exact) mass is 470 g/mol. The summed E-state index contributed by atoms with van der Waals surface area (Å²) in [6.07, 6.45) is 3.23. The molecule has 7 heteroatoms. The molecule has 1 aliphatic heterocycles. The number of carbonyl (C=O) groups is 2. The molecule has 1 aromatic carbocycles. The number of allylic oxidation sites excluding steroid dienone is 3. The average molecular weight is 471 g/mol. The fourth-order valence-corrected chi connectivity index (χ4v) is 6.57. The first-order valence-corrected chi connectivity index (χ1v) is 12.6. The summed E-state index contributed by atoms with van der Waals surface area (Å²) in [4.78, 5) is 28.1. The first-order chi connectivity index (χ1) is 15.1. The molecule has 0 spiro atoms. The summed E-state index contributed by atoms with van der Waals surface area (Å²) >= 11 is 3.32. The Balaban J connectivity index is 1.83. The van der Waals surface area contributed by atoms with Crippen molar-refractivity contribution in [1.29, 1.82) is 0 Å². The van der Waals surface area contributed by atoms with E-state index in [1.807, 2.05) is 20.1 Å². The molecule has 0 bridgehead atoms. The van der Waals surface area contributed by atoms with E-state index >= 15 is 0 Å². The third-order valence-electron chi connectivity index (χ3n) is 5.93. The molecule has 4 nitrogen and oxygen atoms in total. The van der Waals surface area contributed by atoms with Gasteiger partial charge in [0, 0.05) is 45.4 Å². The number of hydrogen-bond acceptors (Lipinski definition) is 5. The van der Waals surface area contributed by atoms with Gasteiger partial charge in [-0.05, 0) is 67.8 Å². The molecule has 0 saturated carbocycles. The van der Waals surface area contributed by atoms with E-state index in [1.54, 1.807) is 23.1 Å². The van der Waals surface area contributed by atoms with Crippen molar-refractivity contribution in [2.24, 2.45) is 5.41 Å². The molecule has 32 heavy (non-hydrogen) atoms. The number of Topliss-reactive ketones (excluding diaryl/α,β-unsaturated/α-hetero) is 1. The molecule has 2 heterocycles. The number of thioether (sulfide) groups is 1. The Morgan fingerprint density at radius 1 is 1.22 bits per heavy atom. The highest BCUT2D eigenvalue weighted by atomic mass is 32.2. The van der Waals surface area contributed by atoms with Gasteiger partial charge in [0.15, 0.2) is 5.78 Å². The van der Waals surface area contributed by atoms with Crippen LogP contribution in [0.3, 0.4) is 0 Å². The van der Waals surface area contributed by atoms with Gasteiger partial charge < -0.3 is 10.6 Å². The van der Waals surface area contributed by atoms with Gasteiger partial charge in [-0.2, -0.15) is 0 Å². The van der Waals surface area contributed by atoms with E-state index < -0.39 is 5.92 Å². The van der Waals surface area contributed by atoms with Crippen molar-refractivity contribution in [2.75, 3.05) is 11.6 Å². The van der Waals surface area contributed by atoms with Gasteiger partial charge in [-0.25, -0.2) is 4.39 Å². The number of amides is 1. The average Bonchev–Trinajstić information content (AvgIpc) is 3.08. The van der Waals surface area contributed by atoms with E-state index in [2.05, 4.69) is 30.5 Å². The zero-order valence-corrected chi connectivity index (χ0v) is 20.5. The summed E-state index contributed by atoms with van der Waals surface area (Å²) in [6, 6.07) is 7.80. The molecule has 2 N–H and O–H groups in total. The number of carbonyl (C=O) groups excluding carboxylic acids is 2. The number of thiophene rings is 1. The highest BCUT2D eigenvalue weighted by molar-refractivity contribution is 8.00. The van der Waals surface area contributed by atoms with Crippen LogP contribution in [0.1, 0.15) is 50.0 Å². The predicted molar refractivity (Wildman–Crippen MR) is 129 cm³/mol. The minimum Gasteiger partial charge on any atom is -0.362 e. The zero-order valence-electron chi connectivity index (χ0n) is 18.9. The Kier molecular flexibility index (Phi) is 6.07. The number of rotatable bonds is 4. The number of dihydropyridines is 1. The summed E-state index contributed by atoms with van der Waals surface area (Å²) in [5.74, 6) is -0.988. The molecule has 2 aromatic rings. The largest absolute Gasteiger partial charge is 0.362 e. The fraction of sp³-hybridized carbons (Fsp3) is 0.360. The van der Waals surface area contributed by atoms with Crippen LogP contribution in [0, 0.1) is 18.2 Å². The van der Waals surface area contributed by atoms with Gasteiger partial charge in [0.05, 0.1) is 4.21 Å². The highest BCUT2D eigenvalue weighted by Crippen LogP contribution is 2.49. The van der Waals surface area contributed by atoms with Crippen LogP contribution >= 0.6 is 23.1 Å². The maximum atomic E-state index is 13.5. The Labute approximate surface area is 196 Å². The summed E-state index contributed by atoms with van der Waals surface area (Å²) in [5, 5.41) is 6.29. The molecule has 0 fully saturated rings. The maximum absolute atomic E-state index is 13.5. The summed E-state index contributed by atoms with van der Waals surface area (Å²) in [7, 11) is 0. The molecule has 1 aliphatic carbocycles. The van der Waals surface area contributed by atoms with Crippen LogP contribution < -0.4 is 10.6 Å². The number of aryl methyl sites for hydroxylation is 1. The Hall–Kier alpha value is -2.38. The van der Waals surface area contributed by atoms with Gasteiger partial charge in [0.25, 0.3) is 5.91 Å². The summed E-state index contributed by atoms with van der Waals surface area (Å²) in [5.41, 5.74) is 4.29. The van der Waals surface area contributed by atoms with Crippen molar-refractivity contribution in [3.63, 3.8) is 0 Å². The Morgan fingerprint density at radius 3 is 2.56 bits per heavy atom. The maximum Gasteiger partial charge on any atom is 0.254 e. The molecule has 168 valence electrons. The molecule has 0 radical (unpaired) electrons. The van der Waals surface area contributed by atoms with Crippen molar-refractivity contribution in [3.05, 3.63) is 69.1 Å². The third kappa shape index (κ3) is 4.28. The minimum absolute atomic E-state index is 0.0873. The summed E-state index contributed by atoms with van der Waals surface area (Å²) < 4.78 is 14.4. The first-order valence-electron chi connectivity index (χ1n) is 10.5. The van der Waals surface area contributed by atoms with Gasteiger partial charge in [0.2, 0.25) is 0 Å². The quantitative estimate of drug-likeness (QED) is 0.526. The molecular weight excluding hydrogens is 443 g/mol. The van der Waals surface area contributed by atoms with E-state index in [9.17, 15) is 14.0 Å². The normalized spacial score (nSPS) is 20.2. The molecule has 1 unspecified atom stereocenters. The molecule has 1 amide bonds. The number of nitrogens with one attached hydrogen (secondary N) is 2. The first kappa shape index (κ1) is 22.8. The molecule has 0 saturated heterocycles. The number of benzene rings is 1. The molecule has 4 rings (SSSR count). The van der Waals surface area contributed by atoms with Crippen LogP contribution in [0.5, 0.6) is 0 Å². The van der Waals surface area contributed by atoms with Gasteiger partial charge in [0.1, 0.15) is 5.82 Å². The van der Waals surface area contributed by atoms with Crippen LogP contribution in [0.4, 0.5) is 10.1 Å². The predicted octanol–water partition coefficient (Wildman–Crippen LogP) is 6.16. The minimum atomic E-state index is -0.428. The van der Waals surface area contributed by atoms with Crippen molar-refractivity contribution in [1.82, 2.24) is 5.32 Å². The topological polar surface area (TPSA) is 58.2 Å². The standard InChI is InChI=1S/C25H27FN2O2S2/c1-13-10-17(24(31-5)32-13)21-20(23(30)28-16-8-6-15(26)7-9-16)14(2)27-18-11-25(3,4)12-19(29)22(18)21/h6-10,21,27H,11-12H2,1-5H3,(H,28,30). The summed E-state index contributed by atoms with van der Waals surface area (Å²) in [6.45, 7) is 8.14. The zero-order chi connectivity index (χ0) is 23.2. The fourth-order valence-electron chi connectivity index (χ4n) is 4.65. The van der Waals surface area contributed by atoms with E-state index in [0.717, 1.165) is 32.5 Å². The van der Waals surface area contributed by atoms with Crippen molar-refractivity contribution in [3.8, 4) is 0 Å². The number of hydrogen-bond donors (Lipinski definition) is 2. The van der Waals surface area contributed by atoms with Crippen LogP contribution in [-0.4, -0.2) is 17.9 Å². The van der Waals surface area contributed by atoms with Crippen molar-refractivity contribution >= 4 is 40.5 Å². The highest BCUT2D eigenvalue weighted by Gasteiger charge is 2.43. The number of ketones is 1. The van der Waals surface area contributed by atoms with E-state index in [-0.39, 0.29) is 22.9 Å². The molecule has 2 aliphatic rings. The lowest BCUT2D eigenvalue weighted by Gasteiger charge is -2.39. The van der Waals surface area contributed by atoms with E-state index in [1.165, 1.54) is 24.3 Å². The van der Waals surface area contributed by atoms with Crippen LogP contribution in [0.2, 0.25) is 0 Å². The second kappa shape index (κ2) is 8.52. The molecule has 1 aromatic heterocycles. The molecule has 1 atom stereocenters. The number of halogens is 1. The lowest BCUT2D eigenvalue weighted by molar-refractivity contribution is -0.118. The second-order valence-electron chi connectivity index (χ2n) is 9.19. The van der Waals surface area contributed by atoms with Crippen LogP contribution in [0.25, 0.3) is 0 Å². The second-order valence-corrected chi connectivity index (χ2v) is 11.5. The van der Waals surface area contributed by atoms with E-state index in [4.69, 9.17) is 0 Å². The lowest BCUT2D eigenvalue weighted by Crippen LogP contribution is -2.39. The van der Waals surface area contributed by atoms with Crippen molar-refractivity contribution < 1.29 is 14.0 Å². The van der Waals surface area contributed by atoms with Gasteiger partial charge in [-0.1, -0.05) is 13.8 Å². The Bertz CT molecular complexity index is 1160. The lowest BCUT2D eigenvalue weighted by atomic mass is 9.69.